The quantitative estimate of drug-likeness (QED) is 0.932. The van der Waals surface area contributed by atoms with E-state index in [1.807, 2.05) is 29.7 Å². The number of fused-ring (bicyclic) bond motifs is 1. The molecule has 1 aromatic heterocycles. The molecule has 110 valence electrons. The fourth-order valence-electron chi connectivity index (χ4n) is 2.30. The molecule has 1 N–H and O–H groups in total. The van der Waals surface area contributed by atoms with E-state index in [-0.39, 0.29) is 6.42 Å². The van der Waals surface area contributed by atoms with Gasteiger partial charge in [0.05, 0.1) is 19.0 Å². The van der Waals surface area contributed by atoms with Crippen LogP contribution in [0.3, 0.4) is 0 Å². The third-order valence-electron chi connectivity index (χ3n) is 3.35. The number of aromatic nitrogens is 3. The highest BCUT2D eigenvalue weighted by Gasteiger charge is 2.22. The second kappa shape index (κ2) is 5.87. The first-order valence-electron chi connectivity index (χ1n) is 6.70. The lowest BCUT2D eigenvalue weighted by Gasteiger charge is -2.27. The predicted octanol–water partition coefficient (Wildman–Crippen LogP) is 2.05. The summed E-state index contributed by atoms with van der Waals surface area (Å²) < 4.78 is 2.05. The first kappa shape index (κ1) is 14.1. The summed E-state index contributed by atoms with van der Waals surface area (Å²) in [5.41, 5.74) is 2.21. The van der Waals surface area contributed by atoms with Crippen LogP contribution in [-0.2, 0) is 11.5 Å². The smallest absolute Gasteiger partial charge is 0.304 e. The maximum Gasteiger partial charge on any atom is 0.304 e. The summed E-state index contributed by atoms with van der Waals surface area (Å²) in [5.74, 6) is 0.814. The lowest BCUT2D eigenvalue weighted by molar-refractivity contribution is -0.137. The van der Waals surface area contributed by atoms with E-state index in [0.717, 1.165) is 22.4 Å². The lowest BCUT2D eigenvalue weighted by atomic mass is 10.1. The fourth-order valence-corrected chi connectivity index (χ4v) is 3.21. The minimum Gasteiger partial charge on any atom is -0.481 e. The normalized spacial score (nSPS) is 14.9. The number of aryl methyl sites for hydroxylation is 1. The van der Waals surface area contributed by atoms with Crippen molar-refractivity contribution < 1.29 is 9.90 Å². The molecule has 21 heavy (non-hydrogen) atoms. The Morgan fingerprint density at radius 3 is 3.05 bits per heavy atom. The number of carboxylic acid groups (broad SMARTS) is 1. The van der Waals surface area contributed by atoms with Crippen LogP contribution in [-0.4, -0.2) is 43.2 Å². The van der Waals surface area contributed by atoms with Crippen molar-refractivity contribution in [2.75, 3.05) is 12.4 Å². The molecule has 0 saturated heterocycles. The highest BCUT2D eigenvalue weighted by molar-refractivity contribution is 7.99. The molecule has 1 aromatic carbocycles. The van der Waals surface area contributed by atoms with Crippen molar-refractivity contribution in [2.24, 2.45) is 0 Å². The molecule has 0 atom stereocenters. The van der Waals surface area contributed by atoms with Crippen molar-refractivity contribution >= 4 is 17.7 Å². The molecule has 0 unspecified atom stereocenters. The Balaban J connectivity index is 1.84. The Bertz CT molecular complexity index is 671. The number of nitrogens with zero attached hydrogens (tertiary/aromatic N) is 4. The summed E-state index contributed by atoms with van der Waals surface area (Å²) >= 11 is 1.59. The second-order valence-electron chi connectivity index (χ2n) is 5.06. The molecule has 7 heteroatoms. The van der Waals surface area contributed by atoms with E-state index in [9.17, 15) is 4.79 Å². The van der Waals surface area contributed by atoms with Gasteiger partial charge in [-0.3, -0.25) is 14.3 Å². The lowest BCUT2D eigenvalue weighted by Crippen LogP contribution is -2.32. The minimum absolute atomic E-state index is 0.151. The fraction of sp³-hybridized carbons (Fsp3) is 0.357. The van der Waals surface area contributed by atoms with Crippen molar-refractivity contribution in [2.45, 2.75) is 25.2 Å². The predicted molar refractivity (Wildman–Crippen MR) is 79.9 cm³/mol. The van der Waals surface area contributed by atoms with Gasteiger partial charge in [-0.25, -0.2) is 0 Å². The summed E-state index contributed by atoms with van der Waals surface area (Å²) in [6, 6.07) is 8.15. The monoisotopic (exact) mass is 304 g/mol. The van der Waals surface area contributed by atoms with E-state index >= 15 is 0 Å². The first-order valence-corrected chi connectivity index (χ1v) is 7.69. The molecule has 3 rings (SSSR count). The molecule has 0 amide bonds. The maximum absolute atomic E-state index is 10.7. The highest BCUT2D eigenvalue weighted by Crippen LogP contribution is 2.29. The molecule has 1 aliphatic rings. The number of aliphatic carboxylic acids is 1. The van der Waals surface area contributed by atoms with Gasteiger partial charge in [0.1, 0.15) is 0 Å². The van der Waals surface area contributed by atoms with Crippen molar-refractivity contribution in [3.63, 3.8) is 0 Å². The first-order chi connectivity index (χ1) is 10.1. The summed E-state index contributed by atoms with van der Waals surface area (Å²) in [6.45, 7) is 3.21. The summed E-state index contributed by atoms with van der Waals surface area (Å²) in [6.07, 6.45) is 0.151. The highest BCUT2D eigenvalue weighted by atomic mass is 32.2. The minimum atomic E-state index is -0.770. The van der Waals surface area contributed by atoms with Crippen LogP contribution in [0.5, 0.6) is 0 Å². The number of thioether (sulfide) groups is 1. The largest absolute Gasteiger partial charge is 0.481 e. The van der Waals surface area contributed by atoms with E-state index < -0.39 is 5.97 Å². The SMILES string of the molecule is Cc1cccc(-c2nnc3n2CN(CCC(=O)O)CS3)c1. The average Bonchev–Trinajstić information content (AvgIpc) is 2.88. The molecule has 2 heterocycles. The molecule has 6 nitrogen and oxygen atoms in total. The number of carbonyl (C=O) groups is 1. The van der Waals surface area contributed by atoms with Crippen molar-refractivity contribution in [1.82, 2.24) is 19.7 Å². The van der Waals surface area contributed by atoms with Crippen LogP contribution in [0.15, 0.2) is 29.4 Å². The summed E-state index contributed by atoms with van der Waals surface area (Å²) in [5, 5.41) is 18.2. The molecule has 0 aliphatic carbocycles. The molecule has 0 fully saturated rings. The van der Waals surface area contributed by atoms with E-state index in [0.29, 0.717) is 13.2 Å². The Hall–Kier alpha value is -1.86. The van der Waals surface area contributed by atoms with Gasteiger partial charge < -0.3 is 5.11 Å². The zero-order valence-corrected chi connectivity index (χ0v) is 12.5. The van der Waals surface area contributed by atoms with Gasteiger partial charge in [-0.15, -0.1) is 10.2 Å². The van der Waals surface area contributed by atoms with E-state index in [1.54, 1.807) is 11.8 Å². The molecule has 1 aliphatic heterocycles. The number of benzene rings is 1. The van der Waals surface area contributed by atoms with Gasteiger partial charge in [0, 0.05) is 12.1 Å². The van der Waals surface area contributed by atoms with E-state index in [4.69, 9.17) is 5.11 Å². The van der Waals surface area contributed by atoms with E-state index in [2.05, 4.69) is 21.2 Å². The van der Waals surface area contributed by atoms with Gasteiger partial charge in [0.15, 0.2) is 11.0 Å². The summed E-state index contributed by atoms with van der Waals surface area (Å²) in [7, 11) is 0. The van der Waals surface area contributed by atoms with Crippen LogP contribution in [0.25, 0.3) is 11.4 Å². The number of rotatable bonds is 4. The Morgan fingerprint density at radius 2 is 2.29 bits per heavy atom. The van der Waals surface area contributed by atoms with Gasteiger partial charge in [-0.1, -0.05) is 35.5 Å². The van der Waals surface area contributed by atoms with Crippen LogP contribution in [0.4, 0.5) is 0 Å². The van der Waals surface area contributed by atoms with Gasteiger partial charge in [-0.2, -0.15) is 0 Å². The molecule has 0 saturated carbocycles. The second-order valence-corrected chi connectivity index (χ2v) is 5.97. The number of carboxylic acids is 1. The van der Waals surface area contributed by atoms with Crippen LogP contribution in [0, 0.1) is 6.92 Å². The molecule has 0 bridgehead atoms. The molecule has 2 aromatic rings. The zero-order chi connectivity index (χ0) is 14.8. The van der Waals surface area contributed by atoms with Gasteiger partial charge in [-0.05, 0) is 13.0 Å². The van der Waals surface area contributed by atoms with Crippen molar-refractivity contribution in [3.8, 4) is 11.4 Å². The molecule has 0 radical (unpaired) electrons. The average molecular weight is 304 g/mol. The van der Waals surface area contributed by atoms with Crippen molar-refractivity contribution in [3.05, 3.63) is 29.8 Å². The molecule has 0 spiro atoms. The standard InChI is InChI=1S/C14H16N4O2S/c1-10-3-2-4-11(7-10)13-15-16-14-18(13)8-17(9-21-14)6-5-12(19)20/h2-4,7H,5-6,8-9H2,1H3,(H,19,20). The zero-order valence-electron chi connectivity index (χ0n) is 11.7. The van der Waals surface area contributed by atoms with E-state index in [1.165, 1.54) is 5.56 Å². The molecular formula is C14H16N4O2S. The van der Waals surface area contributed by atoms with Crippen LogP contribution in [0.1, 0.15) is 12.0 Å². The number of hydrogen-bond acceptors (Lipinski definition) is 5. The van der Waals surface area contributed by atoms with Gasteiger partial charge in [0.25, 0.3) is 0 Å². The molecular weight excluding hydrogens is 288 g/mol. The third kappa shape index (κ3) is 3.08. The van der Waals surface area contributed by atoms with Gasteiger partial charge in [0.2, 0.25) is 0 Å². The summed E-state index contributed by atoms with van der Waals surface area (Å²) in [4.78, 5) is 12.8. The Morgan fingerprint density at radius 1 is 1.43 bits per heavy atom. The number of hydrogen-bond donors (Lipinski definition) is 1. The topological polar surface area (TPSA) is 71.2 Å². The third-order valence-corrected chi connectivity index (χ3v) is 4.41. The maximum atomic E-state index is 10.7. The van der Waals surface area contributed by atoms with Crippen LogP contribution >= 0.6 is 11.8 Å². The van der Waals surface area contributed by atoms with Crippen LogP contribution in [0.2, 0.25) is 0 Å². The van der Waals surface area contributed by atoms with Crippen molar-refractivity contribution in [1.29, 1.82) is 0 Å². The van der Waals surface area contributed by atoms with Gasteiger partial charge >= 0.3 is 5.97 Å². The Labute approximate surface area is 126 Å². The van der Waals surface area contributed by atoms with Crippen LogP contribution < -0.4 is 0 Å². The Kier molecular flexibility index (Phi) is 3.94.